The number of aromatic nitrogens is 1. The van der Waals surface area contributed by atoms with Crippen molar-refractivity contribution in [3.8, 4) is 0 Å². The predicted octanol–water partition coefficient (Wildman–Crippen LogP) is 1.61. The van der Waals surface area contributed by atoms with E-state index in [0.717, 1.165) is 0 Å². The van der Waals surface area contributed by atoms with Crippen LogP contribution in [-0.4, -0.2) is 17.6 Å². The second kappa shape index (κ2) is 2.66. The van der Waals surface area contributed by atoms with E-state index in [2.05, 4.69) is 4.74 Å². The average Bonchev–Trinajstić information content (AvgIpc) is 2.83. The minimum atomic E-state index is -0.244. The molecule has 0 unspecified atom stereocenters. The molecule has 1 aliphatic carbocycles. The van der Waals surface area contributed by atoms with Gasteiger partial charge in [0.25, 0.3) is 0 Å². The van der Waals surface area contributed by atoms with Gasteiger partial charge in [-0.2, -0.15) is 0 Å². The first-order valence-corrected chi connectivity index (χ1v) is 4.08. The highest BCUT2D eigenvalue weighted by molar-refractivity contribution is 5.87. The topological polar surface area (TPSA) is 31.2 Å². The summed E-state index contributed by atoms with van der Waals surface area (Å²) >= 11 is 0. The molecule has 1 aliphatic rings. The van der Waals surface area contributed by atoms with Crippen molar-refractivity contribution in [3.63, 3.8) is 0 Å². The molecular formula is C9H11NO2. The summed E-state index contributed by atoms with van der Waals surface area (Å²) in [6.45, 7) is 0. The van der Waals surface area contributed by atoms with Crippen LogP contribution >= 0.6 is 0 Å². The summed E-state index contributed by atoms with van der Waals surface area (Å²) in [4.78, 5) is 11.2. The van der Waals surface area contributed by atoms with Crippen LogP contribution in [0.3, 0.4) is 0 Å². The maximum atomic E-state index is 11.2. The van der Waals surface area contributed by atoms with Gasteiger partial charge in [0.2, 0.25) is 0 Å². The standard InChI is InChI=1S/C9H11NO2/c1-12-9(11)8-3-2-6-10(8)7-4-5-7/h2-3,6-7H,4-5H2,1H3. The van der Waals surface area contributed by atoms with Gasteiger partial charge in [-0.1, -0.05) is 0 Å². The van der Waals surface area contributed by atoms with E-state index in [9.17, 15) is 4.79 Å². The minimum Gasteiger partial charge on any atom is -0.464 e. The molecule has 1 fully saturated rings. The van der Waals surface area contributed by atoms with Crippen LogP contribution in [0.25, 0.3) is 0 Å². The molecule has 0 saturated heterocycles. The number of hydrogen-bond donors (Lipinski definition) is 0. The van der Waals surface area contributed by atoms with Gasteiger partial charge in [0, 0.05) is 12.2 Å². The Kier molecular flexibility index (Phi) is 1.64. The Bertz CT molecular complexity index is 299. The Labute approximate surface area is 70.9 Å². The summed E-state index contributed by atoms with van der Waals surface area (Å²) in [6.07, 6.45) is 4.29. The Morgan fingerprint density at radius 2 is 2.42 bits per heavy atom. The zero-order valence-electron chi connectivity index (χ0n) is 6.99. The molecule has 0 N–H and O–H groups in total. The Morgan fingerprint density at radius 3 is 3.00 bits per heavy atom. The van der Waals surface area contributed by atoms with E-state index in [4.69, 9.17) is 0 Å². The van der Waals surface area contributed by atoms with Crippen molar-refractivity contribution < 1.29 is 9.53 Å². The van der Waals surface area contributed by atoms with Gasteiger partial charge in [0.15, 0.2) is 0 Å². The molecule has 3 heteroatoms. The van der Waals surface area contributed by atoms with Crippen LogP contribution in [0.4, 0.5) is 0 Å². The lowest BCUT2D eigenvalue weighted by atomic mass is 10.4. The van der Waals surface area contributed by atoms with Crippen molar-refractivity contribution in [2.24, 2.45) is 0 Å². The molecule has 3 nitrogen and oxygen atoms in total. The summed E-state index contributed by atoms with van der Waals surface area (Å²) in [6, 6.07) is 4.21. The molecule has 0 radical (unpaired) electrons. The first-order valence-electron chi connectivity index (χ1n) is 4.08. The number of nitrogens with zero attached hydrogens (tertiary/aromatic N) is 1. The van der Waals surface area contributed by atoms with E-state index in [0.29, 0.717) is 11.7 Å². The summed E-state index contributed by atoms with van der Waals surface area (Å²) in [5, 5.41) is 0. The molecule has 1 aromatic rings. The summed E-state index contributed by atoms with van der Waals surface area (Å²) in [5.74, 6) is -0.244. The third-order valence-electron chi connectivity index (χ3n) is 2.11. The van der Waals surface area contributed by atoms with Gasteiger partial charge in [-0.05, 0) is 25.0 Å². The van der Waals surface area contributed by atoms with Crippen molar-refractivity contribution in [1.82, 2.24) is 4.57 Å². The lowest BCUT2D eigenvalue weighted by Crippen LogP contribution is -2.08. The SMILES string of the molecule is COC(=O)c1cccn1C1CC1. The molecule has 0 aliphatic heterocycles. The number of methoxy groups -OCH3 is 1. The highest BCUT2D eigenvalue weighted by Gasteiger charge is 2.26. The maximum Gasteiger partial charge on any atom is 0.354 e. The molecule has 12 heavy (non-hydrogen) atoms. The third-order valence-corrected chi connectivity index (χ3v) is 2.11. The van der Waals surface area contributed by atoms with E-state index in [1.54, 1.807) is 6.07 Å². The average molecular weight is 165 g/mol. The summed E-state index contributed by atoms with van der Waals surface area (Å²) < 4.78 is 6.65. The summed E-state index contributed by atoms with van der Waals surface area (Å²) in [5.41, 5.74) is 0.667. The number of hydrogen-bond acceptors (Lipinski definition) is 2. The fourth-order valence-corrected chi connectivity index (χ4v) is 1.34. The highest BCUT2D eigenvalue weighted by atomic mass is 16.5. The minimum absolute atomic E-state index is 0.244. The molecule has 0 atom stereocenters. The number of rotatable bonds is 2. The van der Waals surface area contributed by atoms with Crippen molar-refractivity contribution in [1.29, 1.82) is 0 Å². The smallest absolute Gasteiger partial charge is 0.354 e. The van der Waals surface area contributed by atoms with Gasteiger partial charge >= 0.3 is 5.97 Å². The third kappa shape index (κ3) is 1.11. The van der Waals surface area contributed by atoms with E-state index >= 15 is 0 Å². The van der Waals surface area contributed by atoms with Gasteiger partial charge in [-0.3, -0.25) is 0 Å². The monoisotopic (exact) mass is 165 g/mol. The van der Waals surface area contributed by atoms with Crippen LogP contribution < -0.4 is 0 Å². The lowest BCUT2D eigenvalue weighted by Gasteiger charge is -2.04. The number of carbonyl (C=O) groups excluding carboxylic acids is 1. The fourth-order valence-electron chi connectivity index (χ4n) is 1.34. The quantitative estimate of drug-likeness (QED) is 0.623. The van der Waals surface area contributed by atoms with E-state index < -0.39 is 0 Å². The van der Waals surface area contributed by atoms with Crippen LogP contribution in [0, 0.1) is 0 Å². The first kappa shape index (κ1) is 7.40. The fraction of sp³-hybridized carbons (Fsp3) is 0.444. The van der Waals surface area contributed by atoms with E-state index in [1.807, 2.05) is 16.8 Å². The summed E-state index contributed by atoms with van der Waals surface area (Å²) in [7, 11) is 1.41. The van der Waals surface area contributed by atoms with Gasteiger partial charge < -0.3 is 9.30 Å². The Morgan fingerprint density at radius 1 is 1.67 bits per heavy atom. The normalized spacial score (nSPS) is 16.1. The zero-order valence-corrected chi connectivity index (χ0v) is 6.99. The van der Waals surface area contributed by atoms with Crippen molar-refractivity contribution in [2.45, 2.75) is 18.9 Å². The van der Waals surface area contributed by atoms with Gasteiger partial charge in [-0.15, -0.1) is 0 Å². The van der Waals surface area contributed by atoms with Gasteiger partial charge in [0.1, 0.15) is 5.69 Å². The van der Waals surface area contributed by atoms with Crippen LogP contribution in [-0.2, 0) is 4.74 Å². The van der Waals surface area contributed by atoms with Crippen molar-refractivity contribution >= 4 is 5.97 Å². The van der Waals surface area contributed by atoms with E-state index in [-0.39, 0.29) is 5.97 Å². The zero-order chi connectivity index (χ0) is 8.55. The molecule has 0 amide bonds. The first-order chi connectivity index (χ1) is 5.83. The van der Waals surface area contributed by atoms with Gasteiger partial charge in [-0.25, -0.2) is 4.79 Å². The number of esters is 1. The molecule has 64 valence electrons. The number of ether oxygens (including phenoxy) is 1. The molecular weight excluding hydrogens is 154 g/mol. The molecule has 0 bridgehead atoms. The lowest BCUT2D eigenvalue weighted by molar-refractivity contribution is 0.0588. The van der Waals surface area contributed by atoms with E-state index in [1.165, 1.54) is 20.0 Å². The number of carbonyl (C=O) groups is 1. The second-order valence-electron chi connectivity index (χ2n) is 3.02. The highest BCUT2D eigenvalue weighted by Crippen LogP contribution is 2.36. The second-order valence-corrected chi connectivity index (χ2v) is 3.02. The van der Waals surface area contributed by atoms with Crippen LogP contribution in [0.1, 0.15) is 29.4 Å². The van der Waals surface area contributed by atoms with Crippen LogP contribution in [0.2, 0.25) is 0 Å². The largest absolute Gasteiger partial charge is 0.464 e. The van der Waals surface area contributed by atoms with Crippen molar-refractivity contribution in [3.05, 3.63) is 24.0 Å². The maximum absolute atomic E-state index is 11.2. The Hall–Kier alpha value is -1.25. The van der Waals surface area contributed by atoms with Crippen LogP contribution in [0.15, 0.2) is 18.3 Å². The van der Waals surface area contributed by atoms with Crippen molar-refractivity contribution in [2.75, 3.05) is 7.11 Å². The molecule has 1 saturated carbocycles. The molecule has 1 heterocycles. The molecule has 2 rings (SSSR count). The molecule has 1 aromatic heterocycles. The molecule has 0 aromatic carbocycles. The Balaban J connectivity index is 2.29. The predicted molar refractivity (Wildman–Crippen MR) is 44.0 cm³/mol. The van der Waals surface area contributed by atoms with Gasteiger partial charge in [0.05, 0.1) is 7.11 Å². The van der Waals surface area contributed by atoms with Crippen LogP contribution in [0.5, 0.6) is 0 Å². The molecule has 0 spiro atoms.